The second-order valence-corrected chi connectivity index (χ2v) is 5.36. The molecule has 1 unspecified atom stereocenters. The molecule has 140 valence electrons. The number of aliphatic carboxylic acids is 2. The van der Waals surface area contributed by atoms with E-state index in [0.717, 1.165) is 19.3 Å². The van der Waals surface area contributed by atoms with Gasteiger partial charge in [0.05, 0.1) is 45.0 Å². The molecule has 26 heavy (non-hydrogen) atoms. The summed E-state index contributed by atoms with van der Waals surface area (Å²) in [6.45, 7) is 2.19. The van der Waals surface area contributed by atoms with Gasteiger partial charge in [-0.3, -0.25) is 4.90 Å². The molecule has 9 nitrogen and oxygen atoms in total. The molecule has 1 aliphatic rings. The quantitative estimate of drug-likeness (QED) is 0.209. The van der Waals surface area contributed by atoms with E-state index in [1.54, 1.807) is 0 Å². The molecule has 0 aromatic carbocycles. The zero-order valence-electron chi connectivity index (χ0n) is 15.8. The summed E-state index contributed by atoms with van der Waals surface area (Å²) >= 11 is 0. The zero-order valence-corrected chi connectivity index (χ0v) is 19.8. The zero-order chi connectivity index (χ0) is 17.6. The molecule has 0 spiro atoms. The number of rotatable bonds is 14. The first kappa shape index (κ1) is 28.9. The Morgan fingerprint density at radius 2 is 1.46 bits per heavy atom. The third kappa shape index (κ3) is 16.9. The average molecular weight is 393 g/mol. The predicted octanol–water partition coefficient (Wildman–Crippen LogP) is -8.63. The van der Waals surface area contributed by atoms with Crippen molar-refractivity contribution in [2.75, 3.05) is 59.3 Å². The number of carbonyl (C=O) groups excluding carboxylic acids is 2. The van der Waals surface area contributed by atoms with E-state index in [4.69, 9.17) is 18.9 Å². The van der Waals surface area contributed by atoms with Crippen LogP contribution in [0, 0.1) is 0 Å². The maximum Gasteiger partial charge on any atom is 1.00 e. The Balaban J connectivity index is 0. The van der Waals surface area contributed by atoms with Crippen LogP contribution in [0.1, 0.15) is 19.3 Å². The van der Waals surface area contributed by atoms with Crippen LogP contribution in [0.5, 0.6) is 0 Å². The van der Waals surface area contributed by atoms with Crippen LogP contribution in [0.15, 0.2) is 0 Å². The van der Waals surface area contributed by atoms with Gasteiger partial charge in [-0.2, -0.15) is 0 Å². The van der Waals surface area contributed by atoms with Gasteiger partial charge in [0.1, 0.15) is 0 Å². The molecular weight excluding hydrogens is 368 g/mol. The van der Waals surface area contributed by atoms with E-state index in [-0.39, 0.29) is 78.6 Å². The smallest absolute Gasteiger partial charge is 0.548 e. The van der Waals surface area contributed by atoms with E-state index < -0.39 is 25.2 Å². The number of carboxylic acid groups (broad SMARTS) is 2. The van der Waals surface area contributed by atoms with E-state index >= 15 is 0 Å². The summed E-state index contributed by atoms with van der Waals surface area (Å²) < 4.78 is 21.0. The molecule has 0 aromatic heterocycles. The van der Waals surface area contributed by atoms with Crippen LogP contribution in [-0.4, -0.2) is 82.4 Å². The van der Waals surface area contributed by atoms with Crippen LogP contribution < -0.4 is 69.3 Å². The standard InChI is InChI=1S/C15H27NO8.2Na/c17-13(18)11-21-8-4-16(5-9-22-12-14(19)20)6-10-24-15-3-1-2-7-23-15;;/h15H,1-12H2,(H,17,18)(H,19,20);;/q;2*+1/p-2. The Bertz CT molecular complexity index is 348. The molecule has 0 aliphatic carbocycles. The van der Waals surface area contributed by atoms with E-state index in [0.29, 0.717) is 32.8 Å². The number of hydrogen-bond donors (Lipinski definition) is 0. The first-order valence-corrected chi connectivity index (χ1v) is 8.08. The first-order valence-electron chi connectivity index (χ1n) is 8.08. The van der Waals surface area contributed by atoms with Crippen LogP contribution in [0.2, 0.25) is 0 Å². The molecule has 0 radical (unpaired) electrons. The van der Waals surface area contributed by atoms with Crippen molar-refractivity contribution < 1.29 is 97.9 Å². The van der Waals surface area contributed by atoms with Gasteiger partial charge in [-0.15, -0.1) is 0 Å². The summed E-state index contributed by atoms with van der Waals surface area (Å²) in [4.78, 5) is 22.5. The van der Waals surface area contributed by atoms with Gasteiger partial charge >= 0.3 is 59.1 Å². The Hall–Kier alpha value is 0.740. The molecule has 0 aromatic rings. The molecule has 0 N–H and O–H groups in total. The second-order valence-electron chi connectivity index (χ2n) is 5.36. The number of ether oxygens (including phenoxy) is 4. The predicted molar refractivity (Wildman–Crippen MR) is 77.6 cm³/mol. The van der Waals surface area contributed by atoms with Crippen molar-refractivity contribution in [2.24, 2.45) is 0 Å². The number of nitrogens with zero attached hydrogens (tertiary/aromatic N) is 1. The van der Waals surface area contributed by atoms with Gasteiger partial charge in [0.2, 0.25) is 0 Å². The normalized spacial score (nSPS) is 16.6. The van der Waals surface area contributed by atoms with E-state index in [1.165, 1.54) is 0 Å². The summed E-state index contributed by atoms with van der Waals surface area (Å²) in [5.41, 5.74) is 0. The van der Waals surface area contributed by atoms with Gasteiger partial charge in [0, 0.05) is 26.2 Å². The van der Waals surface area contributed by atoms with E-state index in [9.17, 15) is 19.8 Å². The van der Waals surface area contributed by atoms with Crippen molar-refractivity contribution in [3.63, 3.8) is 0 Å². The van der Waals surface area contributed by atoms with Crippen LogP contribution in [0.25, 0.3) is 0 Å². The third-order valence-electron chi connectivity index (χ3n) is 3.39. The summed E-state index contributed by atoms with van der Waals surface area (Å²) in [6, 6.07) is 0. The van der Waals surface area contributed by atoms with Gasteiger partial charge in [0.25, 0.3) is 0 Å². The van der Waals surface area contributed by atoms with Crippen molar-refractivity contribution in [3.8, 4) is 0 Å². The molecule has 1 fully saturated rings. The average Bonchev–Trinajstić information content (AvgIpc) is 2.55. The van der Waals surface area contributed by atoms with Crippen LogP contribution in [0.3, 0.4) is 0 Å². The van der Waals surface area contributed by atoms with E-state index in [2.05, 4.69) is 0 Å². The molecule has 1 aliphatic heterocycles. The summed E-state index contributed by atoms with van der Waals surface area (Å²) in [5.74, 6) is -2.53. The molecule has 1 atom stereocenters. The number of hydrogen-bond acceptors (Lipinski definition) is 9. The van der Waals surface area contributed by atoms with Crippen LogP contribution in [-0.2, 0) is 28.5 Å². The fourth-order valence-corrected chi connectivity index (χ4v) is 2.19. The van der Waals surface area contributed by atoms with Crippen molar-refractivity contribution in [1.82, 2.24) is 4.90 Å². The summed E-state index contributed by atoms with van der Waals surface area (Å²) in [6.07, 6.45) is 2.84. The van der Waals surface area contributed by atoms with Gasteiger partial charge in [-0.1, -0.05) is 0 Å². The molecular formula is C15H25NNa2O8. The molecule has 1 rings (SSSR count). The maximum absolute atomic E-state index is 10.3. The summed E-state index contributed by atoms with van der Waals surface area (Å²) in [7, 11) is 0. The van der Waals surface area contributed by atoms with Crippen LogP contribution in [0.4, 0.5) is 0 Å². The number of carbonyl (C=O) groups is 2. The first-order chi connectivity index (χ1) is 11.6. The SMILES string of the molecule is O=C([O-])COCCN(CCOCC(=O)[O-])CCOC1CCCCO1.[Na+].[Na+]. The molecule has 11 heteroatoms. The minimum Gasteiger partial charge on any atom is -0.548 e. The van der Waals surface area contributed by atoms with Crippen molar-refractivity contribution in [3.05, 3.63) is 0 Å². The summed E-state index contributed by atoms with van der Waals surface area (Å²) in [5, 5.41) is 20.6. The van der Waals surface area contributed by atoms with Gasteiger partial charge in [-0.05, 0) is 19.3 Å². The minimum absolute atomic E-state index is 0. The molecule has 0 bridgehead atoms. The van der Waals surface area contributed by atoms with Crippen LogP contribution >= 0.6 is 0 Å². The Labute approximate surface area is 198 Å². The monoisotopic (exact) mass is 393 g/mol. The van der Waals surface area contributed by atoms with E-state index in [1.807, 2.05) is 4.90 Å². The largest absolute Gasteiger partial charge is 1.00 e. The van der Waals surface area contributed by atoms with Gasteiger partial charge < -0.3 is 38.7 Å². The fraction of sp³-hybridized carbons (Fsp3) is 0.867. The topological polar surface area (TPSA) is 120 Å². The molecule has 0 amide bonds. The Morgan fingerprint density at radius 1 is 0.923 bits per heavy atom. The fourth-order valence-electron chi connectivity index (χ4n) is 2.19. The Kier molecular flexibility index (Phi) is 21.2. The van der Waals surface area contributed by atoms with Crippen molar-refractivity contribution >= 4 is 11.9 Å². The molecule has 1 heterocycles. The molecule has 0 saturated carbocycles. The van der Waals surface area contributed by atoms with Crippen molar-refractivity contribution in [2.45, 2.75) is 25.6 Å². The maximum atomic E-state index is 10.3. The molecule has 1 saturated heterocycles. The van der Waals surface area contributed by atoms with Crippen molar-refractivity contribution in [1.29, 1.82) is 0 Å². The Morgan fingerprint density at radius 3 is 1.92 bits per heavy atom. The minimum atomic E-state index is -1.27. The third-order valence-corrected chi connectivity index (χ3v) is 3.39. The van der Waals surface area contributed by atoms with Gasteiger partial charge in [-0.25, -0.2) is 0 Å². The second kappa shape index (κ2) is 19.1. The van der Waals surface area contributed by atoms with Gasteiger partial charge in [0.15, 0.2) is 6.29 Å². The number of carboxylic acids is 2.